The number of methoxy groups -OCH3 is 1. The first-order chi connectivity index (χ1) is 11.9. The number of fused-ring (bicyclic) bond motifs is 1. The Morgan fingerprint density at radius 1 is 1.16 bits per heavy atom. The molecule has 3 rings (SSSR count). The number of hydrogen-bond donors (Lipinski definition) is 0. The zero-order chi connectivity index (χ0) is 18.0. The standard InChI is InChI=1S/C17H23N3O4S/c1-24-12-11-19-13-15(14-5-3-4-6-16(14)19)17(21)18-7-9-20(10-8-18)25(2,22)23/h3-6,13H,7-12H2,1-2H3. The Hall–Kier alpha value is -1.90. The molecular formula is C17H23N3O4S. The first-order valence-electron chi connectivity index (χ1n) is 8.23. The van der Waals surface area contributed by atoms with Crippen LogP contribution in [0.5, 0.6) is 0 Å². The van der Waals surface area contributed by atoms with Gasteiger partial charge in [-0.3, -0.25) is 4.79 Å². The summed E-state index contributed by atoms with van der Waals surface area (Å²) < 4.78 is 31.8. The van der Waals surface area contributed by atoms with Gasteiger partial charge in [0.25, 0.3) is 5.91 Å². The highest BCUT2D eigenvalue weighted by Gasteiger charge is 2.28. The van der Waals surface area contributed by atoms with E-state index in [4.69, 9.17) is 4.74 Å². The number of carbonyl (C=O) groups excluding carboxylic acids is 1. The van der Waals surface area contributed by atoms with Gasteiger partial charge in [-0.15, -0.1) is 0 Å². The van der Waals surface area contributed by atoms with Gasteiger partial charge in [-0.05, 0) is 6.07 Å². The van der Waals surface area contributed by atoms with Gasteiger partial charge in [0.1, 0.15) is 0 Å². The average Bonchev–Trinajstić information content (AvgIpc) is 2.97. The summed E-state index contributed by atoms with van der Waals surface area (Å²) in [5.41, 5.74) is 1.65. The first-order valence-corrected chi connectivity index (χ1v) is 10.1. The summed E-state index contributed by atoms with van der Waals surface area (Å²) in [5.74, 6) is -0.0551. The molecule has 0 unspecified atom stereocenters. The van der Waals surface area contributed by atoms with Gasteiger partial charge < -0.3 is 14.2 Å². The number of sulfonamides is 1. The molecule has 0 bridgehead atoms. The summed E-state index contributed by atoms with van der Waals surface area (Å²) in [6.07, 6.45) is 3.07. The van der Waals surface area contributed by atoms with Crippen LogP contribution in [0.2, 0.25) is 0 Å². The van der Waals surface area contributed by atoms with Gasteiger partial charge in [-0.1, -0.05) is 18.2 Å². The Kier molecular flexibility index (Phi) is 5.12. The molecule has 0 saturated carbocycles. The summed E-state index contributed by atoms with van der Waals surface area (Å²) >= 11 is 0. The maximum absolute atomic E-state index is 13.0. The molecule has 1 aromatic heterocycles. The number of aromatic nitrogens is 1. The maximum Gasteiger partial charge on any atom is 0.256 e. The minimum absolute atomic E-state index is 0.0551. The molecule has 2 aromatic rings. The van der Waals surface area contributed by atoms with Crippen LogP contribution in [0.25, 0.3) is 10.9 Å². The summed E-state index contributed by atoms with van der Waals surface area (Å²) in [5, 5.41) is 0.911. The SMILES string of the molecule is COCCn1cc(C(=O)N2CCN(S(C)(=O)=O)CC2)c2ccccc21. The van der Waals surface area contributed by atoms with E-state index in [9.17, 15) is 13.2 Å². The van der Waals surface area contributed by atoms with Crippen LogP contribution in [0.15, 0.2) is 30.5 Å². The molecule has 1 aliphatic heterocycles. The Balaban J connectivity index is 1.83. The average molecular weight is 365 g/mol. The van der Waals surface area contributed by atoms with Gasteiger partial charge in [0.15, 0.2) is 0 Å². The van der Waals surface area contributed by atoms with Crippen LogP contribution in [0, 0.1) is 0 Å². The highest BCUT2D eigenvalue weighted by molar-refractivity contribution is 7.88. The fourth-order valence-electron chi connectivity index (χ4n) is 3.19. The second-order valence-electron chi connectivity index (χ2n) is 6.20. The van der Waals surface area contributed by atoms with Crippen molar-refractivity contribution in [2.45, 2.75) is 6.54 Å². The smallest absolute Gasteiger partial charge is 0.256 e. The van der Waals surface area contributed by atoms with Crippen molar-refractivity contribution in [3.63, 3.8) is 0 Å². The molecule has 7 nitrogen and oxygen atoms in total. The lowest BCUT2D eigenvalue weighted by Gasteiger charge is -2.33. The van der Waals surface area contributed by atoms with E-state index in [2.05, 4.69) is 0 Å². The minimum atomic E-state index is -3.20. The predicted molar refractivity (Wildman–Crippen MR) is 96.1 cm³/mol. The van der Waals surface area contributed by atoms with Gasteiger partial charge in [-0.2, -0.15) is 4.31 Å². The molecule has 25 heavy (non-hydrogen) atoms. The molecular weight excluding hydrogens is 342 g/mol. The van der Waals surface area contributed by atoms with E-state index < -0.39 is 10.0 Å². The van der Waals surface area contributed by atoms with E-state index in [1.54, 1.807) is 12.0 Å². The maximum atomic E-state index is 13.0. The van der Waals surface area contributed by atoms with Crippen LogP contribution in [-0.4, -0.2) is 74.2 Å². The second kappa shape index (κ2) is 7.15. The second-order valence-corrected chi connectivity index (χ2v) is 8.18. The van der Waals surface area contributed by atoms with Crippen LogP contribution in [0.3, 0.4) is 0 Å². The molecule has 1 aliphatic rings. The highest BCUT2D eigenvalue weighted by atomic mass is 32.2. The molecule has 2 heterocycles. The van der Waals surface area contributed by atoms with E-state index in [1.807, 2.05) is 35.0 Å². The van der Waals surface area contributed by atoms with Gasteiger partial charge >= 0.3 is 0 Å². The van der Waals surface area contributed by atoms with Crippen molar-refractivity contribution in [2.24, 2.45) is 0 Å². The van der Waals surface area contributed by atoms with Gasteiger partial charge in [-0.25, -0.2) is 8.42 Å². The van der Waals surface area contributed by atoms with Crippen molar-refractivity contribution in [3.8, 4) is 0 Å². The minimum Gasteiger partial charge on any atom is -0.383 e. The van der Waals surface area contributed by atoms with Crippen LogP contribution in [-0.2, 0) is 21.3 Å². The fraction of sp³-hybridized carbons (Fsp3) is 0.471. The zero-order valence-electron chi connectivity index (χ0n) is 14.5. The zero-order valence-corrected chi connectivity index (χ0v) is 15.3. The number of piperazine rings is 1. The Labute approximate surface area is 147 Å². The van der Waals surface area contributed by atoms with E-state index in [-0.39, 0.29) is 5.91 Å². The van der Waals surface area contributed by atoms with Crippen LogP contribution in [0.1, 0.15) is 10.4 Å². The number of amides is 1. The van der Waals surface area contributed by atoms with Crippen molar-refractivity contribution >= 4 is 26.8 Å². The van der Waals surface area contributed by atoms with Crippen LogP contribution < -0.4 is 0 Å². The number of para-hydroxylation sites is 1. The summed E-state index contributed by atoms with van der Waals surface area (Å²) in [6.45, 7) is 2.73. The van der Waals surface area contributed by atoms with E-state index in [0.717, 1.165) is 10.9 Å². The Morgan fingerprint density at radius 3 is 2.48 bits per heavy atom. The van der Waals surface area contributed by atoms with Crippen LogP contribution >= 0.6 is 0 Å². The molecule has 1 fully saturated rings. The summed E-state index contributed by atoms with van der Waals surface area (Å²) in [6, 6.07) is 7.80. The van der Waals surface area contributed by atoms with Crippen LogP contribution in [0.4, 0.5) is 0 Å². The topological polar surface area (TPSA) is 71.8 Å². The number of carbonyl (C=O) groups is 1. The largest absolute Gasteiger partial charge is 0.383 e. The lowest BCUT2D eigenvalue weighted by molar-refractivity contribution is 0.0700. The van der Waals surface area contributed by atoms with Crippen molar-refractivity contribution < 1.29 is 17.9 Å². The molecule has 8 heteroatoms. The molecule has 0 N–H and O–H groups in total. The normalized spacial score (nSPS) is 16.5. The van der Waals surface area contributed by atoms with Gasteiger partial charge in [0, 0.05) is 56.9 Å². The third-order valence-electron chi connectivity index (χ3n) is 4.55. The quantitative estimate of drug-likeness (QED) is 0.793. The molecule has 0 spiro atoms. The number of ether oxygens (including phenoxy) is 1. The highest BCUT2D eigenvalue weighted by Crippen LogP contribution is 2.23. The third-order valence-corrected chi connectivity index (χ3v) is 5.85. The molecule has 0 aliphatic carbocycles. The van der Waals surface area contributed by atoms with Gasteiger partial charge in [0.2, 0.25) is 10.0 Å². The monoisotopic (exact) mass is 365 g/mol. The van der Waals surface area contributed by atoms with Gasteiger partial charge in [0.05, 0.1) is 18.4 Å². The summed E-state index contributed by atoms with van der Waals surface area (Å²) in [4.78, 5) is 14.7. The van der Waals surface area contributed by atoms with E-state index >= 15 is 0 Å². The Bertz CT molecular complexity index is 867. The Morgan fingerprint density at radius 2 is 1.84 bits per heavy atom. The predicted octanol–water partition coefficient (Wildman–Crippen LogP) is 1.01. The lowest BCUT2D eigenvalue weighted by Crippen LogP contribution is -2.50. The summed E-state index contributed by atoms with van der Waals surface area (Å²) in [7, 11) is -1.55. The van der Waals surface area contributed by atoms with Crippen molar-refractivity contribution in [1.82, 2.24) is 13.8 Å². The molecule has 136 valence electrons. The molecule has 1 aromatic carbocycles. The van der Waals surface area contributed by atoms with E-state index in [0.29, 0.717) is 44.9 Å². The number of hydrogen-bond acceptors (Lipinski definition) is 4. The first kappa shape index (κ1) is 17.9. The molecule has 0 atom stereocenters. The van der Waals surface area contributed by atoms with Crippen molar-refractivity contribution in [2.75, 3.05) is 46.2 Å². The molecule has 1 saturated heterocycles. The van der Waals surface area contributed by atoms with E-state index in [1.165, 1.54) is 10.6 Å². The van der Waals surface area contributed by atoms with Crippen molar-refractivity contribution in [1.29, 1.82) is 0 Å². The molecule has 1 amide bonds. The third kappa shape index (κ3) is 3.70. The van der Waals surface area contributed by atoms with Crippen molar-refractivity contribution in [3.05, 3.63) is 36.0 Å². The molecule has 0 radical (unpaired) electrons. The number of nitrogens with zero attached hydrogens (tertiary/aromatic N) is 3. The number of rotatable bonds is 5. The lowest BCUT2D eigenvalue weighted by atomic mass is 10.1. The number of benzene rings is 1. The fourth-order valence-corrected chi connectivity index (χ4v) is 4.01.